The summed E-state index contributed by atoms with van der Waals surface area (Å²) in [7, 11) is -2.83. The van der Waals surface area contributed by atoms with Crippen molar-refractivity contribution in [2.45, 2.75) is 20.0 Å². The van der Waals surface area contributed by atoms with Crippen LogP contribution in [0.2, 0.25) is 0 Å². The lowest BCUT2D eigenvalue weighted by Gasteiger charge is -2.25. The average Bonchev–Trinajstić information content (AvgIpc) is 2.50. The van der Waals surface area contributed by atoms with E-state index in [0.29, 0.717) is 32.1 Å². The molecule has 0 bridgehead atoms. The summed E-state index contributed by atoms with van der Waals surface area (Å²) in [5.41, 5.74) is 6.72. The lowest BCUT2D eigenvalue weighted by Crippen LogP contribution is -2.41. The Kier molecular flexibility index (Phi) is 6.44. The molecule has 0 aliphatic carbocycles. The molecule has 0 aromatic heterocycles. The van der Waals surface area contributed by atoms with Gasteiger partial charge >= 0.3 is 0 Å². The summed E-state index contributed by atoms with van der Waals surface area (Å²) in [5.74, 6) is 1.62. The first-order chi connectivity index (χ1) is 11.3. The second-order valence-corrected chi connectivity index (χ2v) is 8.38. The Balaban J connectivity index is 1.75. The summed E-state index contributed by atoms with van der Waals surface area (Å²) < 4.78 is 28.3. The molecule has 1 heterocycles. The first-order valence-electron chi connectivity index (χ1n) is 8.10. The highest BCUT2D eigenvalue weighted by molar-refractivity contribution is 7.91. The third-order valence-electron chi connectivity index (χ3n) is 3.63. The largest absolute Gasteiger partial charge is 0.491 e. The van der Waals surface area contributed by atoms with E-state index in [0.717, 1.165) is 11.4 Å². The summed E-state index contributed by atoms with van der Waals surface area (Å²) in [6.45, 7) is 6.35. The fourth-order valence-electron chi connectivity index (χ4n) is 2.36. The number of nitrogens with zero attached hydrogens (tertiary/aromatic N) is 2. The van der Waals surface area contributed by atoms with Crippen molar-refractivity contribution in [3.63, 3.8) is 0 Å². The number of rotatable bonds is 6. The molecule has 134 valence electrons. The molecular formula is C16H26N4O3S. The van der Waals surface area contributed by atoms with Crippen LogP contribution in [0.15, 0.2) is 29.3 Å². The third kappa shape index (κ3) is 6.37. The molecular weight excluding hydrogens is 328 g/mol. The molecule has 1 saturated heterocycles. The minimum Gasteiger partial charge on any atom is -0.491 e. The topological polar surface area (TPSA) is 97.0 Å². The number of hydrogen-bond acceptors (Lipinski definition) is 5. The molecule has 1 aromatic rings. The van der Waals surface area contributed by atoms with Gasteiger partial charge in [0.05, 0.1) is 24.2 Å². The number of ether oxygens (including phenoxy) is 1. The molecule has 3 N–H and O–H groups in total. The fourth-order valence-corrected chi connectivity index (χ4v) is 3.64. The second-order valence-electron chi connectivity index (χ2n) is 6.08. The van der Waals surface area contributed by atoms with Crippen LogP contribution in [0.1, 0.15) is 13.8 Å². The second kappa shape index (κ2) is 8.34. The van der Waals surface area contributed by atoms with Gasteiger partial charge in [-0.3, -0.25) is 9.89 Å². The number of benzene rings is 1. The number of anilines is 1. The molecule has 1 aliphatic heterocycles. The molecule has 1 aromatic carbocycles. The smallest absolute Gasteiger partial charge is 0.193 e. The summed E-state index contributed by atoms with van der Waals surface area (Å²) in [6, 6.07) is 7.53. The molecule has 0 amide bonds. The molecule has 8 heteroatoms. The Hall–Kier alpha value is -1.80. The molecule has 0 spiro atoms. The van der Waals surface area contributed by atoms with Crippen LogP contribution in [-0.2, 0) is 9.84 Å². The maximum absolute atomic E-state index is 11.4. The van der Waals surface area contributed by atoms with Gasteiger partial charge in [-0.15, -0.1) is 0 Å². The maximum Gasteiger partial charge on any atom is 0.193 e. The zero-order valence-electron chi connectivity index (χ0n) is 14.2. The van der Waals surface area contributed by atoms with Gasteiger partial charge in [-0.2, -0.15) is 0 Å². The first kappa shape index (κ1) is 18.5. The van der Waals surface area contributed by atoms with E-state index in [1.165, 1.54) is 0 Å². The van der Waals surface area contributed by atoms with E-state index in [4.69, 9.17) is 10.5 Å². The Bertz CT molecular complexity index is 642. The van der Waals surface area contributed by atoms with Gasteiger partial charge < -0.3 is 15.8 Å². The third-order valence-corrected chi connectivity index (χ3v) is 5.24. The molecule has 0 saturated carbocycles. The van der Waals surface area contributed by atoms with Crippen LogP contribution in [0.3, 0.4) is 0 Å². The minimum absolute atomic E-state index is 0.139. The van der Waals surface area contributed by atoms with Gasteiger partial charge in [0.2, 0.25) is 0 Å². The standard InChI is InChI=1S/C16H26N4O3S/c1-13(2)23-15-5-3-14(4-6-15)19-16(17)18-7-8-20-9-11-24(21,22)12-10-20/h3-6,13H,7-12H2,1-2H3,(H3,17,18,19). The van der Waals surface area contributed by atoms with Crippen molar-refractivity contribution in [3.05, 3.63) is 24.3 Å². The Morgan fingerprint density at radius 3 is 2.50 bits per heavy atom. The lowest BCUT2D eigenvalue weighted by atomic mass is 10.3. The van der Waals surface area contributed by atoms with Crippen molar-refractivity contribution in [2.24, 2.45) is 10.7 Å². The maximum atomic E-state index is 11.4. The molecule has 7 nitrogen and oxygen atoms in total. The summed E-state index contributed by atoms with van der Waals surface area (Å²) >= 11 is 0. The van der Waals surface area contributed by atoms with Gasteiger partial charge in [0, 0.05) is 25.3 Å². The van der Waals surface area contributed by atoms with Gasteiger partial charge in [0.1, 0.15) is 5.75 Å². The van der Waals surface area contributed by atoms with Gasteiger partial charge in [-0.25, -0.2) is 8.42 Å². The van der Waals surface area contributed by atoms with E-state index >= 15 is 0 Å². The number of hydrogen-bond donors (Lipinski definition) is 2. The van der Waals surface area contributed by atoms with Crippen molar-refractivity contribution in [1.29, 1.82) is 0 Å². The highest BCUT2D eigenvalue weighted by Crippen LogP contribution is 2.16. The van der Waals surface area contributed by atoms with Crippen LogP contribution in [0, 0.1) is 0 Å². The Morgan fingerprint density at radius 2 is 1.92 bits per heavy atom. The van der Waals surface area contributed by atoms with Crippen LogP contribution in [0.25, 0.3) is 0 Å². The predicted molar refractivity (Wildman–Crippen MR) is 97.4 cm³/mol. The van der Waals surface area contributed by atoms with Crippen LogP contribution >= 0.6 is 0 Å². The van der Waals surface area contributed by atoms with Crippen molar-refractivity contribution < 1.29 is 13.2 Å². The SMILES string of the molecule is CC(C)Oc1ccc(NC(N)=NCCN2CCS(=O)(=O)CC2)cc1. The molecule has 0 atom stereocenters. The average molecular weight is 354 g/mol. The van der Waals surface area contributed by atoms with E-state index in [-0.39, 0.29) is 17.6 Å². The van der Waals surface area contributed by atoms with Crippen LogP contribution < -0.4 is 15.8 Å². The quantitative estimate of drug-likeness (QED) is 0.583. The zero-order chi connectivity index (χ0) is 17.6. The molecule has 1 fully saturated rings. The molecule has 0 radical (unpaired) electrons. The van der Waals surface area contributed by atoms with Crippen molar-refractivity contribution in [1.82, 2.24) is 4.90 Å². The van der Waals surface area contributed by atoms with E-state index in [9.17, 15) is 8.42 Å². The van der Waals surface area contributed by atoms with Gasteiger partial charge in [-0.1, -0.05) is 0 Å². The highest BCUT2D eigenvalue weighted by Gasteiger charge is 2.20. The van der Waals surface area contributed by atoms with Crippen LogP contribution in [-0.4, -0.2) is 63.1 Å². The zero-order valence-corrected chi connectivity index (χ0v) is 15.1. The van der Waals surface area contributed by atoms with Crippen LogP contribution in [0.4, 0.5) is 5.69 Å². The number of guanidine groups is 1. The van der Waals surface area contributed by atoms with Gasteiger partial charge in [0.15, 0.2) is 15.8 Å². The summed E-state index contributed by atoms with van der Waals surface area (Å²) in [4.78, 5) is 6.37. The lowest BCUT2D eigenvalue weighted by molar-refractivity contribution is 0.242. The van der Waals surface area contributed by atoms with Gasteiger partial charge in [0.25, 0.3) is 0 Å². The normalized spacial score (nSPS) is 18.5. The van der Waals surface area contributed by atoms with E-state index < -0.39 is 9.84 Å². The monoisotopic (exact) mass is 354 g/mol. The van der Waals surface area contributed by atoms with Crippen LogP contribution in [0.5, 0.6) is 5.75 Å². The summed E-state index contributed by atoms with van der Waals surface area (Å²) in [5, 5.41) is 3.03. The highest BCUT2D eigenvalue weighted by atomic mass is 32.2. The van der Waals surface area contributed by atoms with Gasteiger partial charge in [-0.05, 0) is 38.1 Å². The number of sulfone groups is 1. The van der Waals surface area contributed by atoms with E-state index in [2.05, 4.69) is 15.2 Å². The Morgan fingerprint density at radius 1 is 1.29 bits per heavy atom. The molecule has 24 heavy (non-hydrogen) atoms. The van der Waals surface area contributed by atoms with E-state index in [1.807, 2.05) is 38.1 Å². The number of nitrogens with one attached hydrogen (secondary N) is 1. The van der Waals surface area contributed by atoms with Crippen molar-refractivity contribution >= 4 is 21.5 Å². The summed E-state index contributed by atoms with van der Waals surface area (Å²) in [6.07, 6.45) is 0.139. The molecule has 1 aliphatic rings. The number of nitrogens with two attached hydrogens (primary N) is 1. The molecule has 2 rings (SSSR count). The van der Waals surface area contributed by atoms with Crippen molar-refractivity contribution in [3.8, 4) is 5.75 Å². The first-order valence-corrected chi connectivity index (χ1v) is 9.93. The predicted octanol–water partition coefficient (Wildman–Crippen LogP) is 0.931. The fraction of sp³-hybridized carbons (Fsp3) is 0.562. The molecule has 0 unspecified atom stereocenters. The number of aliphatic imine (C=N–C) groups is 1. The minimum atomic E-state index is -2.83. The van der Waals surface area contributed by atoms with Crippen molar-refractivity contribution in [2.75, 3.05) is 43.0 Å². The van der Waals surface area contributed by atoms with E-state index in [1.54, 1.807) is 0 Å². The Labute approximate surface area is 143 Å².